The molecular formula is C19H13N3O6S2. The molecule has 1 aliphatic heterocycles. The lowest BCUT2D eigenvalue weighted by atomic mass is 10.1. The van der Waals surface area contributed by atoms with Crippen molar-refractivity contribution in [2.24, 2.45) is 0 Å². The van der Waals surface area contributed by atoms with Gasteiger partial charge in [-0.05, 0) is 48.9 Å². The number of aromatic carboxylic acids is 1. The molecule has 2 amide bonds. The van der Waals surface area contributed by atoms with Gasteiger partial charge in [-0.25, -0.2) is 18.1 Å². The van der Waals surface area contributed by atoms with Gasteiger partial charge in [-0.2, -0.15) is 0 Å². The van der Waals surface area contributed by atoms with Crippen LogP contribution in [0.5, 0.6) is 0 Å². The molecule has 0 aliphatic carbocycles. The molecule has 0 spiro atoms. The zero-order valence-electron chi connectivity index (χ0n) is 15.4. The van der Waals surface area contributed by atoms with E-state index in [1.54, 1.807) is 0 Å². The van der Waals surface area contributed by atoms with E-state index in [1.807, 2.05) is 6.92 Å². The van der Waals surface area contributed by atoms with Crippen molar-refractivity contribution in [3.05, 3.63) is 64.2 Å². The molecule has 152 valence electrons. The summed E-state index contributed by atoms with van der Waals surface area (Å²) in [6.07, 6.45) is 0.601. The molecule has 0 radical (unpaired) electrons. The Morgan fingerprint density at radius 1 is 1.00 bits per heavy atom. The van der Waals surface area contributed by atoms with Gasteiger partial charge in [0.15, 0.2) is 0 Å². The molecule has 0 bridgehead atoms. The third-order valence-electron chi connectivity index (χ3n) is 4.53. The highest BCUT2D eigenvalue weighted by molar-refractivity contribution is 7.91. The number of carbonyl (C=O) groups excluding carboxylic acids is 2. The second-order valence-electron chi connectivity index (χ2n) is 6.32. The van der Waals surface area contributed by atoms with Crippen molar-refractivity contribution < 1.29 is 27.9 Å². The molecule has 0 saturated heterocycles. The number of aryl methyl sites for hydroxylation is 1. The van der Waals surface area contributed by atoms with E-state index in [0.29, 0.717) is 11.4 Å². The number of nitrogens with zero attached hydrogens (tertiary/aromatic N) is 3. The van der Waals surface area contributed by atoms with Crippen molar-refractivity contribution in [1.29, 1.82) is 0 Å². The minimum Gasteiger partial charge on any atom is -0.478 e. The van der Waals surface area contributed by atoms with Gasteiger partial charge in [-0.1, -0.05) is 18.3 Å². The molecule has 1 aliphatic rings. The zero-order chi connectivity index (χ0) is 21.6. The van der Waals surface area contributed by atoms with Crippen molar-refractivity contribution in [2.45, 2.75) is 23.1 Å². The summed E-state index contributed by atoms with van der Waals surface area (Å²) in [6, 6.07) is 8.40. The SMILES string of the molecule is CCc1nnc(N2C(=O)c3ccc(S(=O)(=O)c4ccc(C(=O)O)cc4)cc3C2=O)s1. The highest BCUT2D eigenvalue weighted by Gasteiger charge is 2.39. The molecule has 1 N–H and O–H groups in total. The Kier molecular flexibility index (Phi) is 4.71. The van der Waals surface area contributed by atoms with Crippen LogP contribution in [0.4, 0.5) is 5.13 Å². The third kappa shape index (κ3) is 3.08. The molecule has 0 saturated carbocycles. The van der Waals surface area contributed by atoms with E-state index >= 15 is 0 Å². The average Bonchev–Trinajstić information content (AvgIpc) is 3.30. The molecule has 2 heterocycles. The number of imide groups is 1. The summed E-state index contributed by atoms with van der Waals surface area (Å²) in [6.45, 7) is 1.87. The van der Waals surface area contributed by atoms with E-state index in [-0.39, 0.29) is 31.6 Å². The summed E-state index contributed by atoms with van der Waals surface area (Å²) in [5.74, 6) is -2.45. The average molecular weight is 443 g/mol. The lowest BCUT2D eigenvalue weighted by Crippen LogP contribution is -2.29. The Labute approximate surface area is 174 Å². The van der Waals surface area contributed by atoms with Crippen LogP contribution in [-0.2, 0) is 16.3 Å². The standard InChI is InChI=1S/C19H13N3O6S2/c1-2-15-20-21-19(29-15)22-16(23)13-8-7-12(9-14(13)17(22)24)30(27,28)11-5-3-10(4-6-11)18(25)26/h3-9H,2H2,1H3,(H,25,26). The van der Waals surface area contributed by atoms with Gasteiger partial charge in [-0.3, -0.25) is 9.59 Å². The maximum atomic E-state index is 12.9. The quantitative estimate of drug-likeness (QED) is 0.594. The molecule has 0 atom stereocenters. The number of anilines is 1. The summed E-state index contributed by atoms with van der Waals surface area (Å²) < 4.78 is 25.8. The number of carbonyl (C=O) groups is 3. The predicted molar refractivity (Wildman–Crippen MR) is 106 cm³/mol. The maximum Gasteiger partial charge on any atom is 0.335 e. The minimum atomic E-state index is -4.03. The molecule has 1 aromatic heterocycles. The van der Waals surface area contributed by atoms with E-state index in [0.717, 1.165) is 22.3 Å². The van der Waals surface area contributed by atoms with Crippen molar-refractivity contribution in [2.75, 3.05) is 4.90 Å². The number of carboxylic acid groups (broad SMARTS) is 1. The first kappa shape index (κ1) is 19.9. The summed E-state index contributed by atoms with van der Waals surface area (Å²) in [5.41, 5.74) is -0.0206. The Morgan fingerprint density at radius 3 is 2.23 bits per heavy atom. The van der Waals surface area contributed by atoms with Crippen LogP contribution in [0.1, 0.15) is 43.0 Å². The highest BCUT2D eigenvalue weighted by atomic mass is 32.2. The van der Waals surface area contributed by atoms with E-state index in [4.69, 9.17) is 5.11 Å². The second-order valence-corrected chi connectivity index (χ2v) is 9.31. The normalized spacial score (nSPS) is 13.6. The number of carboxylic acids is 1. The molecule has 3 aromatic rings. The number of benzene rings is 2. The minimum absolute atomic E-state index is 0.0449. The number of rotatable bonds is 5. The Bertz CT molecular complexity index is 1310. The molecule has 9 nitrogen and oxygen atoms in total. The second kappa shape index (κ2) is 7.11. The molecule has 0 unspecified atom stereocenters. The van der Waals surface area contributed by atoms with E-state index in [1.165, 1.54) is 36.4 Å². The smallest absolute Gasteiger partial charge is 0.335 e. The number of aromatic nitrogens is 2. The van der Waals surface area contributed by atoms with Gasteiger partial charge in [0.25, 0.3) is 11.8 Å². The van der Waals surface area contributed by atoms with Gasteiger partial charge in [0.2, 0.25) is 15.0 Å². The van der Waals surface area contributed by atoms with Gasteiger partial charge < -0.3 is 5.11 Å². The van der Waals surface area contributed by atoms with Crippen LogP contribution in [0.15, 0.2) is 52.3 Å². The monoisotopic (exact) mass is 443 g/mol. The Hall–Kier alpha value is -3.44. The van der Waals surface area contributed by atoms with Crippen LogP contribution in [0.25, 0.3) is 0 Å². The van der Waals surface area contributed by atoms with Crippen LogP contribution in [0, 0.1) is 0 Å². The number of fused-ring (bicyclic) bond motifs is 1. The van der Waals surface area contributed by atoms with Gasteiger partial charge in [0.05, 0.1) is 26.5 Å². The zero-order valence-corrected chi connectivity index (χ0v) is 17.0. The fourth-order valence-electron chi connectivity index (χ4n) is 2.95. The largest absolute Gasteiger partial charge is 0.478 e. The first-order valence-electron chi connectivity index (χ1n) is 8.67. The first-order chi connectivity index (χ1) is 14.2. The number of hydrogen-bond donors (Lipinski definition) is 1. The Morgan fingerprint density at radius 2 is 1.63 bits per heavy atom. The molecular weight excluding hydrogens is 430 g/mol. The summed E-state index contributed by atoms with van der Waals surface area (Å²) in [7, 11) is -4.03. The molecule has 2 aromatic carbocycles. The number of sulfone groups is 1. The summed E-state index contributed by atoms with van der Waals surface area (Å²) in [5, 5.41) is 17.5. The predicted octanol–water partition coefficient (Wildman–Crippen LogP) is 2.43. The molecule has 30 heavy (non-hydrogen) atoms. The van der Waals surface area contributed by atoms with Crippen LogP contribution in [-0.4, -0.2) is 41.5 Å². The van der Waals surface area contributed by atoms with Crippen LogP contribution >= 0.6 is 11.3 Å². The summed E-state index contributed by atoms with van der Waals surface area (Å²) in [4.78, 5) is 37.0. The molecule has 11 heteroatoms. The van der Waals surface area contributed by atoms with Gasteiger partial charge >= 0.3 is 5.97 Å². The molecule has 0 fully saturated rings. The van der Waals surface area contributed by atoms with Gasteiger partial charge in [0.1, 0.15) is 5.01 Å². The van der Waals surface area contributed by atoms with Crippen molar-refractivity contribution in [3.63, 3.8) is 0 Å². The van der Waals surface area contributed by atoms with Crippen LogP contribution in [0.2, 0.25) is 0 Å². The molecule has 4 rings (SSSR count). The topological polar surface area (TPSA) is 135 Å². The van der Waals surface area contributed by atoms with Gasteiger partial charge in [-0.15, -0.1) is 10.2 Å². The van der Waals surface area contributed by atoms with Crippen molar-refractivity contribution >= 4 is 44.1 Å². The van der Waals surface area contributed by atoms with Crippen molar-refractivity contribution in [1.82, 2.24) is 10.2 Å². The Balaban J connectivity index is 1.72. The lowest BCUT2D eigenvalue weighted by molar-refractivity contribution is 0.0696. The van der Waals surface area contributed by atoms with Crippen LogP contribution in [0.3, 0.4) is 0 Å². The lowest BCUT2D eigenvalue weighted by Gasteiger charge is -2.07. The maximum absolute atomic E-state index is 12.9. The van der Waals surface area contributed by atoms with E-state index < -0.39 is 27.6 Å². The number of hydrogen-bond acceptors (Lipinski definition) is 8. The fraction of sp³-hybridized carbons (Fsp3) is 0.105. The van der Waals surface area contributed by atoms with Crippen LogP contribution < -0.4 is 4.90 Å². The highest BCUT2D eigenvalue weighted by Crippen LogP contribution is 2.33. The van der Waals surface area contributed by atoms with Gasteiger partial charge in [0, 0.05) is 0 Å². The fourth-order valence-corrected chi connectivity index (χ4v) is 5.01. The first-order valence-corrected chi connectivity index (χ1v) is 11.0. The third-order valence-corrected chi connectivity index (χ3v) is 7.35. The van der Waals surface area contributed by atoms with E-state index in [2.05, 4.69) is 10.2 Å². The number of amides is 2. The van der Waals surface area contributed by atoms with E-state index in [9.17, 15) is 22.8 Å². The summed E-state index contributed by atoms with van der Waals surface area (Å²) >= 11 is 1.11. The van der Waals surface area contributed by atoms with Crippen molar-refractivity contribution in [3.8, 4) is 0 Å².